The highest BCUT2D eigenvalue weighted by Gasteiger charge is 2.40. The molecule has 32 heavy (non-hydrogen) atoms. The van der Waals surface area contributed by atoms with E-state index >= 15 is 0 Å². The summed E-state index contributed by atoms with van der Waals surface area (Å²) in [6, 6.07) is 13.2. The summed E-state index contributed by atoms with van der Waals surface area (Å²) in [6.07, 6.45) is 6.83. The fraction of sp³-hybridized carbons (Fsp3) is 0.240. The van der Waals surface area contributed by atoms with Crippen molar-refractivity contribution in [3.8, 4) is 0 Å². The first-order chi connectivity index (χ1) is 15.5. The summed E-state index contributed by atoms with van der Waals surface area (Å²) < 4.78 is 15.6. The van der Waals surface area contributed by atoms with Gasteiger partial charge in [-0.15, -0.1) is 0 Å². The number of amides is 4. The highest BCUT2D eigenvalue weighted by atomic mass is 19.1. The van der Waals surface area contributed by atoms with Crippen LogP contribution < -0.4 is 5.32 Å². The molecule has 0 bridgehead atoms. The monoisotopic (exact) mass is 431 g/mol. The van der Waals surface area contributed by atoms with Crippen LogP contribution in [0.1, 0.15) is 36.8 Å². The van der Waals surface area contributed by atoms with Gasteiger partial charge in [0, 0.05) is 35.2 Å². The lowest BCUT2D eigenvalue weighted by Gasteiger charge is -2.31. The molecule has 162 valence electrons. The first kappa shape index (κ1) is 20.2. The molecular formula is C25H22FN3O3. The van der Waals surface area contributed by atoms with Gasteiger partial charge in [-0.1, -0.05) is 43.2 Å². The molecule has 7 heteroatoms. The minimum Gasteiger partial charge on any atom is -0.342 e. The molecule has 1 aromatic heterocycles. The number of aromatic nitrogens is 1. The molecule has 0 spiro atoms. The summed E-state index contributed by atoms with van der Waals surface area (Å²) in [5.74, 6) is -1.54. The molecule has 1 aliphatic heterocycles. The van der Waals surface area contributed by atoms with E-state index in [1.54, 1.807) is 12.1 Å². The summed E-state index contributed by atoms with van der Waals surface area (Å²) in [5, 5.41) is 3.18. The van der Waals surface area contributed by atoms with Crippen molar-refractivity contribution >= 4 is 34.8 Å². The fourth-order valence-corrected chi connectivity index (χ4v) is 4.67. The number of barbiturate groups is 1. The van der Waals surface area contributed by atoms with Crippen molar-refractivity contribution in [1.82, 2.24) is 14.8 Å². The first-order valence-corrected chi connectivity index (χ1v) is 10.7. The second-order valence-corrected chi connectivity index (χ2v) is 8.29. The number of imide groups is 2. The minimum atomic E-state index is -0.684. The number of fused-ring (bicyclic) bond motifs is 1. The zero-order valence-electron chi connectivity index (χ0n) is 17.4. The molecular weight excluding hydrogens is 409 g/mol. The summed E-state index contributed by atoms with van der Waals surface area (Å²) in [4.78, 5) is 39.3. The Hall–Kier alpha value is -3.74. The highest BCUT2D eigenvalue weighted by Crippen LogP contribution is 2.29. The van der Waals surface area contributed by atoms with Crippen LogP contribution in [0.5, 0.6) is 0 Å². The molecule has 3 aromatic rings. The normalized spacial score (nSPS) is 18.7. The van der Waals surface area contributed by atoms with Gasteiger partial charge in [0.15, 0.2) is 0 Å². The van der Waals surface area contributed by atoms with Crippen molar-refractivity contribution in [2.24, 2.45) is 0 Å². The van der Waals surface area contributed by atoms with Crippen LogP contribution in [-0.2, 0) is 16.1 Å². The predicted octanol–water partition coefficient (Wildman–Crippen LogP) is 4.23. The number of halogens is 1. The number of carbonyl (C=O) groups is 3. The van der Waals surface area contributed by atoms with E-state index in [-0.39, 0.29) is 17.4 Å². The Balaban J connectivity index is 1.54. The Morgan fingerprint density at radius 3 is 2.59 bits per heavy atom. The van der Waals surface area contributed by atoms with Gasteiger partial charge >= 0.3 is 6.03 Å². The largest absolute Gasteiger partial charge is 0.342 e. The summed E-state index contributed by atoms with van der Waals surface area (Å²) in [5.41, 5.74) is 2.34. The van der Waals surface area contributed by atoms with Crippen LogP contribution in [0.4, 0.5) is 9.18 Å². The van der Waals surface area contributed by atoms with Gasteiger partial charge in [0.05, 0.1) is 0 Å². The van der Waals surface area contributed by atoms with Crippen molar-refractivity contribution < 1.29 is 18.8 Å². The smallest absolute Gasteiger partial charge is 0.331 e. The number of rotatable bonds is 4. The van der Waals surface area contributed by atoms with E-state index in [9.17, 15) is 18.8 Å². The maximum absolute atomic E-state index is 13.6. The van der Waals surface area contributed by atoms with Gasteiger partial charge in [-0.2, -0.15) is 0 Å². The Bertz CT molecular complexity index is 1270. The Kier molecular flexibility index (Phi) is 5.09. The van der Waals surface area contributed by atoms with Gasteiger partial charge in [0.25, 0.3) is 11.8 Å². The van der Waals surface area contributed by atoms with Crippen molar-refractivity contribution in [3.63, 3.8) is 0 Å². The quantitative estimate of drug-likeness (QED) is 0.496. The zero-order valence-corrected chi connectivity index (χ0v) is 17.4. The molecule has 4 amide bonds. The molecule has 2 aromatic carbocycles. The van der Waals surface area contributed by atoms with Crippen molar-refractivity contribution in [2.75, 3.05) is 0 Å². The van der Waals surface area contributed by atoms with Crippen LogP contribution in [0.15, 0.2) is 60.3 Å². The van der Waals surface area contributed by atoms with Gasteiger partial charge in [-0.05, 0) is 42.7 Å². The van der Waals surface area contributed by atoms with Gasteiger partial charge in [-0.25, -0.2) is 9.18 Å². The van der Waals surface area contributed by atoms with E-state index < -0.39 is 17.8 Å². The molecule has 1 aliphatic carbocycles. The molecule has 0 radical (unpaired) electrons. The van der Waals surface area contributed by atoms with Crippen LogP contribution in [-0.4, -0.2) is 33.4 Å². The number of nitrogens with one attached hydrogen (secondary N) is 1. The number of benzene rings is 2. The van der Waals surface area contributed by atoms with E-state index in [2.05, 4.69) is 5.32 Å². The first-order valence-electron chi connectivity index (χ1n) is 10.7. The third kappa shape index (κ3) is 3.60. The lowest BCUT2D eigenvalue weighted by atomic mass is 10.0. The van der Waals surface area contributed by atoms with Crippen LogP contribution in [0.3, 0.4) is 0 Å². The number of carbonyl (C=O) groups excluding carboxylic acids is 3. The number of hydrogen-bond donors (Lipinski definition) is 1. The maximum atomic E-state index is 13.6. The van der Waals surface area contributed by atoms with Gasteiger partial charge in [0.1, 0.15) is 11.4 Å². The molecule has 0 atom stereocenters. The Morgan fingerprint density at radius 2 is 1.81 bits per heavy atom. The molecule has 0 unspecified atom stereocenters. The van der Waals surface area contributed by atoms with Gasteiger partial charge in [0.2, 0.25) is 0 Å². The van der Waals surface area contributed by atoms with Crippen molar-refractivity contribution in [1.29, 1.82) is 0 Å². The second-order valence-electron chi connectivity index (χ2n) is 8.29. The summed E-state index contributed by atoms with van der Waals surface area (Å²) in [7, 11) is 0. The van der Waals surface area contributed by atoms with E-state index in [0.29, 0.717) is 12.1 Å². The fourth-order valence-electron chi connectivity index (χ4n) is 4.67. The summed E-state index contributed by atoms with van der Waals surface area (Å²) in [6.45, 7) is 0.439. The van der Waals surface area contributed by atoms with Crippen molar-refractivity contribution in [2.45, 2.75) is 38.3 Å². The molecule has 2 aliphatic rings. The van der Waals surface area contributed by atoms with Crippen LogP contribution in [0.2, 0.25) is 0 Å². The molecule has 1 saturated carbocycles. The van der Waals surface area contributed by atoms with E-state index in [4.69, 9.17) is 0 Å². The standard InChI is InChI=1S/C25H22FN3O3/c26-18-7-5-6-16(12-18)14-28-15-17(20-10-3-4-11-22(20)28)13-21-23(30)27-25(32)29(24(21)31)19-8-1-2-9-19/h3-7,10-13,15,19H,1-2,8-9,14H2,(H,27,30,32)/b21-13-. The van der Waals surface area contributed by atoms with E-state index in [1.165, 1.54) is 17.0 Å². The van der Waals surface area contributed by atoms with Crippen molar-refractivity contribution in [3.05, 3.63) is 77.2 Å². The van der Waals surface area contributed by atoms with Crippen LogP contribution in [0, 0.1) is 5.82 Å². The average Bonchev–Trinajstić information content (AvgIpc) is 3.40. The Morgan fingerprint density at radius 1 is 1.03 bits per heavy atom. The average molecular weight is 431 g/mol. The maximum Gasteiger partial charge on any atom is 0.331 e. The highest BCUT2D eigenvalue weighted by molar-refractivity contribution is 6.31. The number of hydrogen-bond acceptors (Lipinski definition) is 3. The van der Waals surface area contributed by atoms with Crippen LogP contribution in [0.25, 0.3) is 17.0 Å². The summed E-state index contributed by atoms with van der Waals surface area (Å²) >= 11 is 0. The SMILES string of the molecule is O=C1NC(=O)N(C2CCCC2)C(=O)/C1=C\c1cn(Cc2cccc(F)c2)c2ccccc12. The molecule has 6 nitrogen and oxygen atoms in total. The second kappa shape index (κ2) is 8.07. The topological polar surface area (TPSA) is 71.4 Å². The third-order valence-electron chi connectivity index (χ3n) is 6.18. The number of nitrogens with zero attached hydrogens (tertiary/aromatic N) is 2. The number of para-hydroxylation sites is 1. The molecule has 1 N–H and O–H groups in total. The molecule has 2 fully saturated rings. The Labute approximate surface area is 184 Å². The minimum absolute atomic E-state index is 0.0508. The third-order valence-corrected chi connectivity index (χ3v) is 6.18. The molecule has 1 saturated heterocycles. The molecule has 5 rings (SSSR count). The lowest BCUT2D eigenvalue weighted by molar-refractivity contribution is -0.131. The van der Waals surface area contributed by atoms with E-state index in [1.807, 2.05) is 41.1 Å². The van der Waals surface area contributed by atoms with E-state index in [0.717, 1.165) is 42.1 Å². The van der Waals surface area contributed by atoms with Crippen LogP contribution >= 0.6 is 0 Å². The lowest BCUT2D eigenvalue weighted by Crippen LogP contribution is -2.57. The zero-order chi connectivity index (χ0) is 22.2. The molecule has 2 heterocycles. The van der Waals surface area contributed by atoms with Gasteiger partial charge in [-0.3, -0.25) is 19.8 Å². The number of urea groups is 1. The van der Waals surface area contributed by atoms with Gasteiger partial charge < -0.3 is 4.57 Å². The predicted molar refractivity (Wildman–Crippen MR) is 118 cm³/mol.